The number of nitrogens with zero attached hydrogens (tertiary/aromatic N) is 2. The second-order valence-corrected chi connectivity index (χ2v) is 6.12. The highest BCUT2D eigenvalue weighted by Gasteiger charge is 2.15. The third-order valence-electron chi connectivity index (χ3n) is 4.46. The number of hydrogen-bond donors (Lipinski definition) is 2. The Bertz CT molecular complexity index is 567. The Labute approximate surface area is 173 Å². The smallest absolute Gasteiger partial charge is 0.253 e. The quantitative estimate of drug-likeness (QED) is 0.363. The third-order valence-corrected chi connectivity index (χ3v) is 4.46. The van der Waals surface area contributed by atoms with Crippen molar-refractivity contribution in [3.8, 4) is 0 Å². The van der Waals surface area contributed by atoms with E-state index in [1.54, 1.807) is 7.05 Å². The summed E-state index contributed by atoms with van der Waals surface area (Å²) in [5.74, 6) is 0.845. The fourth-order valence-electron chi connectivity index (χ4n) is 2.88. The number of rotatable bonds is 7. The van der Waals surface area contributed by atoms with Crippen LogP contribution in [0, 0.1) is 0 Å². The van der Waals surface area contributed by atoms with Crippen molar-refractivity contribution in [1.82, 2.24) is 15.5 Å². The summed E-state index contributed by atoms with van der Waals surface area (Å²) in [6.07, 6.45) is 2.52. The molecule has 1 atom stereocenters. The van der Waals surface area contributed by atoms with Gasteiger partial charge >= 0.3 is 0 Å². The molecule has 1 fully saturated rings. The molecule has 26 heavy (non-hydrogen) atoms. The van der Waals surface area contributed by atoms with Gasteiger partial charge in [-0.05, 0) is 44.4 Å². The lowest BCUT2D eigenvalue weighted by Crippen LogP contribution is -2.40. The summed E-state index contributed by atoms with van der Waals surface area (Å²) >= 11 is 0. The zero-order valence-corrected chi connectivity index (χ0v) is 18.3. The maximum Gasteiger partial charge on any atom is 0.253 e. The van der Waals surface area contributed by atoms with E-state index < -0.39 is 0 Å². The van der Waals surface area contributed by atoms with Gasteiger partial charge in [0.1, 0.15) is 0 Å². The van der Waals surface area contributed by atoms with Crippen molar-refractivity contribution in [3.63, 3.8) is 0 Å². The summed E-state index contributed by atoms with van der Waals surface area (Å²) in [7, 11) is 1.76. The summed E-state index contributed by atoms with van der Waals surface area (Å²) in [6.45, 7) is 7.74. The van der Waals surface area contributed by atoms with Crippen LogP contribution in [0.25, 0.3) is 0 Å². The first-order valence-corrected chi connectivity index (χ1v) is 9.12. The number of amides is 1. The van der Waals surface area contributed by atoms with Gasteiger partial charge < -0.3 is 20.3 Å². The highest BCUT2D eigenvalue weighted by Crippen LogP contribution is 2.10. The number of guanidine groups is 1. The largest absolute Gasteiger partial charge is 0.376 e. The van der Waals surface area contributed by atoms with Crippen molar-refractivity contribution in [2.24, 2.45) is 4.99 Å². The zero-order valence-electron chi connectivity index (χ0n) is 16.0. The van der Waals surface area contributed by atoms with Crippen LogP contribution in [0.3, 0.4) is 0 Å². The van der Waals surface area contributed by atoms with Gasteiger partial charge in [-0.1, -0.05) is 12.1 Å². The van der Waals surface area contributed by atoms with Crippen molar-refractivity contribution in [2.45, 2.75) is 39.3 Å². The Morgan fingerprint density at radius 2 is 1.92 bits per heavy atom. The van der Waals surface area contributed by atoms with E-state index in [1.165, 1.54) is 0 Å². The van der Waals surface area contributed by atoms with Gasteiger partial charge in [0.05, 0.1) is 6.10 Å². The van der Waals surface area contributed by atoms with E-state index in [0.717, 1.165) is 56.2 Å². The highest BCUT2D eigenvalue weighted by atomic mass is 127. The molecule has 2 rings (SSSR count). The molecule has 0 radical (unpaired) electrons. The number of hydrogen-bond acceptors (Lipinski definition) is 3. The van der Waals surface area contributed by atoms with Crippen LogP contribution < -0.4 is 10.6 Å². The van der Waals surface area contributed by atoms with Crippen LogP contribution in [0.5, 0.6) is 0 Å². The molecule has 1 amide bonds. The standard InChI is InChI=1S/C19H30N4O2.HI/c1-4-23(5-2)18(24)16-10-8-15(9-11-16)13-21-19(20-3)22-14-17-7-6-12-25-17;/h8-11,17H,4-7,12-14H2,1-3H3,(H2,20,21,22);1H. The Hall–Kier alpha value is -1.35. The molecule has 146 valence electrons. The predicted molar refractivity (Wildman–Crippen MR) is 116 cm³/mol. The zero-order chi connectivity index (χ0) is 18.1. The van der Waals surface area contributed by atoms with Gasteiger partial charge in [0.25, 0.3) is 5.91 Å². The van der Waals surface area contributed by atoms with Gasteiger partial charge in [0, 0.05) is 45.4 Å². The number of carbonyl (C=O) groups excluding carboxylic acids is 1. The molecule has 0 aromatic heterocycles. The van der Waals surface area contributed by atoms with Crippen molar-refractivity contribution in [3.05, 3.63) is 35.4 Å². The average molecular weight is 474 g/mol. The lowest BCUT2D eigenvalue weighted by molar-refractivity contribution is 0.0773. The summed E-state index contributed by atoms with van der Waals surface area (Å²) < 4.78 is 5.60. The predicted octanol–water partition coefficient (Wildman–Crippen LogP) is 2.63. The van der Waals surface area contributed by atoms with Gasteiger partial charge in [0.15, 0.2) is 5.96 Å². The molecule has 0 spiro atoms. The Morgan fingerprint density at radius 3 is 2.46 bits per heavy atom. The first kappa shape index (κ1) is 22.7. The fourth-order valence-corrected chi connectivity index (χ4v) is 2.88. The molecule has 0 aliphatic carbocycles. The molecule has 0 bridgehead atoms. The van der Waals surface area contributed by atoms with Crippen LogP contribution in [-0.2, 0) is 11.3 Å². The summed E-state index contributed by atoms with van der Waals surface area (Å²) in [6, 6.07) is 7.74. The number of nitrogens with one attached hydrogen (secondary N) is 2. The first-order valence-electron chi connectivity index (χ1n) is 9.12. The van der Waals surface area contributed by atoms with Crippen LogP contribution in [0.4, 0.5) is 0 Å². The van der Waals surface area contributed by atoms with Gasteiger partial charge in [-0.15, -0.1) is 24.0 Å². The van der Waals surface area contributed by atoms with E-state index in [2.05, 4.69) is 15.6 Å². The van der Waals surface area contributed by atoms with E-state index in [1.807, 2.05) is 43.0 Å². The lowest BCUT2D eigenvalue weighted by Gasteiger charge is -2.19. The molecule has 7 heteroatoms. The number of halogens is 1. The van der Waals surface area contributed by atoms with Crippen LogP contribution in [-0.4, -0.2) is 56.2 Å². The van der Waals surface area contributed by atoms with E-state index in [4.69, 9.17) is 4.74 Å². The van der Waals surface area contributed by atoms with E-state index in [9.17, 15) is 4.79 Å². The minimum Gasteiger partial charge on any atom is -0.376 e. The number of aliphatic imine (C=N–C) groups is 1. The maximum absolute atomic E-state index is 12.3. The molecular formula is C19H31IN4O2. The summed E-state index contributed by atoms with van der Waals surface area (Å²) in [5, 5.41) is 6.59. The molecule has 1 heterocycles. The molecule has 1 aliphatic rings. The number of ether oxygens (including phenoxy) is 1. The van der Waals surface area contributed by atoms with Gasteiger partial charge in [0.2, 0.25) is 0 Å². The topological polar surface area (TPSA) is 66.0 Å². The Kier molecular flexibility index (Phi) is 10.6. The minimum atomic E-state index is 0. The highest BCUT2D eigenvalue weighted by molar-refractivity contribution is 14.0. The molecular weight excluding hydrogens is 443 g/mol. The van der Waals surface area contributed by atoms with Crippen molar-refractivity contribution >= 4 is 35.8 Å². The Balaban J connectivity index is 0.00000338. The molecule has 1 unspecified atom stereocenters. The number of carbonyl (C=O) groups is 1. The Morgan fingerprint density at radius 1 is 1.23 bits per heavy atom. The molecule has 0 saturated carbocycles. The van der Waals surface area contributed by atoms with Crippen molar-refractivity contribution in [1.29, 1.82) is 0 Å². The van der Waals surface area contributed by atoms with Crippen LogP contribution >= 0.6 is 24.0 Å². The molecule has 1 saturated heterocycles. The minimum absolute atomic E-state index is 0. The first-order chi connectivity index (χ1) is 12.2. The van der Waals surface area contributed by atoms with E-state index in [0.29, 0.717) is 6.54 Å². The molecule has 1 aromatic rings. The van der Waals surface area contributed by atoms with Crippen molar-refractivity contribution < 1.29 is 9.53 Å². The normalized spacial score (nSPS) is 16.7. The molecule has 1 aromatic carbocycles. The molecule has 1 aliphatic heterocycles. The molecule has 2 N–H and O–H groups in total. The molecule has 6 nitrogen and oxygen atoms in total. The summed E-state index contributed by atoms with van der Waals surface area (Å²) in [4.78, 5) is 18.4. The third kappa shape index (κ3) is 6.75. The van der Waals surface area contributed by atoms with Gasteiger partial charge in [-0.25, -0.2) is 0 Å². The van der Waals surface area contributed by atoms with E-state index in [-0.39, 0.29) is 36.0 Å². The van der Waals surface area contributed by atoms with Gasteiger partial charge in [-0.2, -0.15) is 0 Å². The average Bonchev–Trinajstić information content (AvgIpc) is 3.17. The second-order valence-electron chi connectivity index (χ2n) is 6.12. The number of benzene rings is 1. The van der Waals surface area contributed by atoms with E-state index >= 15 is 0 Å². The fraction of sp³-hybridized carbons (Fsp3) is 0.579. The van der Waals surface area contributed by atoms with Crippen LogP contribution in [0.1, 0.15) is 42.6 Å². The summed E-state index contributed by atoms with van der Waals surface area (Å²) in [5.41, 5.74) is 1.84. The van der Waals surface area contributed by atoms with Crippen LogP contribution in [0.15, 0.2) is 29.3 Å². The monoisotopic (exact) mass is 474 g/mol. The van der Waals surface area contributed by atoms with Crippen molar-refractivity contribution in [2.75, 3.05) is 33.3 Å². The lowest BCUT2D eigenvalue weighted by atomic mass is 10.1. The van der Waals surface area contributed by atoms with Gasteiger partial charge in [-0.3, -0.25) is 9.79 Å². The second kappa shape index (κ2) is 12.1. The SMILES string of the molecule is CCN(CC)C(=O)c1ccc(CNC(=NC)NCC2CCCO2)cc1.I. The van der Waals surface area contributed by atoms with Crippen LogP contribution in [0.2, 0.25) is 0 Å². The maximum atomic E-state index is 12.3.